The average molecular weight is 266 g/mol. The molecular formula is C12H14N2OS2. The monoisotopic (exact) mass is 266 g/mol. The molecule has 1 aromatic heterocycles. The molecule has 3 nitrogen and oxygen atoms in total. The molecule has 1 aliphatic carbocycles. The van der Waals surface area contributed by atoms with Gasteiger partial charge >= 0.3 is 0 Å². The highest BCUT2D eigenvalue weighted by Gasteiger charge is 2.51. The largest absolute Gasteiger partial charge is 0.308 e. The van der Waals surface area contributed by atoms with Crippen LogP contribution in [0.5, 0.6) is 0 Å². The summed E-state index contributed by atoms with van der Waals surface area (Å²) in [6.45, 7) is 0.810. The molecule has 2 heterocycles. The second kappa shape index (κ2) is 4.21. The molecule has 0 N–H and O–H groups in total. The number of thioether (sulfide) groups is 2. The van der Waals surface area contributed by atoms with Crippen LogP contribution in [0, 0.1) is 0 Å². The Bertz CT molecular complexity index is 460. The van der Waals surface area contributed by atoms with Crippen LogP contribution in [-0.4, -0.2) is 34.2 Å². The summed E-state index contributed by atoms with van der Waals surface area (Å²) in [5.74, 6) is 1.26. The van der Waals surface area contributed by atoms with Crippen molar-refractivity contribution in [2.45, 2.75) is 22.5 Å². The lowest BCUT2D eigenvalue weighted by molar-refractivity contribution is -0.118. The summed E-state index contributed by atoms with van der Waals surface area (Å²) in [5, 5.41) is 0. The summed E-state index contributed by atoms with van der Waals surface area (Å²) in [4.78, 5) is 19.8. The van der Waals surface area contributed by atoms with Crippen molar-refractivity contribution in [3.05, 3.63) is 18.5 Å². The Balaban J connectivity index is 1.93. The molecule has 5 heteroatoms. The molecule has 1 aromatic rings. The quantitative estimate of drug-likeness (QED) is 0.823. The fraction of sp³-hybridized carbons (Fsp3) is 0.500. The highest BCUT2D eigenvalue weighted by Crippen LogP contribution is 2.50. The lowest BCUT2D eigenvalue weighted by Gasteiger charge is -2.31. The van der Waals surface area contributed by atoms with Gasteiger partial charge in [-0.25, -0.2) is 0 Å². The molecule has 1 aliphatic heterocycles. The number of anilines is 1. The van der Waals surface area contributed by atoms with E-state index in [-0.39, 0.29) is 10.7 Å². The predicted molar refractivity (Wildman–Crippen MR) is 72.8 cm³/mol. The summed E-state index contributed by atoms with van der Waals surface area (Å²) in [6, 6.07) is 2.00. The standard InChI is InChI=1S/C12H14N2OS2/c1-16-12(3-4-12)11(15)14-6-7-17-10-2-5-13-8-9(10)14/h2,5,8H,3-4,6-7H2,1H3. The minimum absolute atomic E-state index is 0.130. The second-order valence-electron chi connectivity index (χ2n) is 4.35. The Kier molecular flexibility index (Phi) is 2.83. The minimum Gasteiger partial charge on any atom is -0.308 e. The van der Waals surface area contributed by atoms with E-state index in [9.17, 15) is 4.79 Å². The van der Waals surface area contributed by atoms with Gasteiger partial charge in [-0.05, 0) is 25.2 Å². The maximum Gasteiger partial charge on any atom is 0.243 e. The van der Waals surface area contributed by atoms with Crippen molar-refractivity contribution in [3.63, 3.8) is 0 Å². The first kappa shape index (κ1) is 11.4. The van der Waals surface area contributed by atoms with Crippen molar-refractivity contribution in [3.8, 4) is 0 Å². The number of amides is 1. The third kappa shape index (κ3) is 1.85. The van der Waals surface area contributed by atoms with Crippen LogP contribution in [0.3, 0.4) is 0 Å². The molecule has 90 valence electrons. The zero-order valence-corrected chi connectivity index (χ0v) is 11.3. The molecule has 0 unspecified atom stereocenters. The Morgan fingerprint density at radius 2 is 2.41 bits per heavy atom. The van der Waals surface area contributed by atoms with E-state index in [0.717, 1.165) is 30.8 Å². The highest BCUT2D eigenvalue weighted by atomic mass is 32.2. The van der Waals surface area contributed by atoms with Crippen LogP contribution in [0.15, 0.2) is 23.4 Å². The van der Waals surface area contributed by atoms with Gasteiger partial charge in [0.05, 0.1) is 16.6 Å². The molecule has 3 rings (SSSR count). The number of hydrogen-bond acceptors (Lipinski definition) is 4. The third-order valence-corrected chi connectivity index (χ3v) is 5.76. The van der Waals surface area contributed by atoms with E-state index < -0.39 is 0 Å². The highest BCUT2D eigenvalue weighted by molar-refractivity contribution is 8.01. The van der Waals surface area contributed by atoms with Crippen molar-refractivity contribution in [2.24, 2.45) is 0 Å². The Labute approximate surface area is 109 Å². The van der Waals surface area contributed by atoms with Crippen LogP contribution in [0.4, 0.5) is 5.69 Å². The number of nitrogens with zero attached hydrogens (tertiary/aromatic N) is 2. The van der Waals surface area contributed by atoms with E-state index in [1.165, 1.54) is 4.90 Å². The van der Waals surface area contributed by atoms with Crippen molar-refractivity contribution >= 4 is 35.1 Å². The zero-order valence-electron chi connectivity index (χ0n) is 9.68. The summed E-state index contributed by atoms with van der Waals surface area (Å²) >= 11 is 3.50. The normalized spacial score (nSPS) is 20.9. The summed E-state index contributed by atoms with van der Waals surface area (Å²) in [7, 11) is 0. The average Bonchev–Trinajstić information content (AvgIpc) is 3.18. The fourth-order valence-corrected chi connectivity index (χ4v) is 3.90. The van der Waals surface area contributed by atoms with Crippen LogP contribution in [-0.2, 0) is 4.79 Å². The van der Waals surface area contributed by atoms with E-state index in [0.29, 0.717) is 0 Å². The summed E-state index contributed by atoms with van der Waals surface area (Å²) in [6.07, 6.45) is 7.68. The van der Waals surface area contributed by atoms with Crippen LogP contribution in [0.2, 0.25) is 0 Å². The topological polar surface area (TPSA) is 33.2 Å². The number of carbonyl (C=O) groups is 1. The lowest BCUT2D eigenvalue weighted by Crippen LogP contribution is -2.42. The number of pyridine rings is 1. The van der Waals surface area contributed by atoms with E-state index in [2.05, 4.69) is 4.98 Å². The number of fused-ring (bicyclic) bond motifs is 1. The van der Waals surface area contributed by atoms with E-state index >= 15 is 0 Å². The summed E-state index contributed by atoms with van der Waals surface area (Å²) < 4.78 is -0.130. The Morgan fingerprint density at radius 3 is 3.12 bits per heavy atom. The second-order valence-corrected chi connectivity index (χ2v) is 6.67. The van der Waals surface area contributed by atoms with Gasteiger partial charge in [-0.2, -0.15) is 0 Å². The molecule has 0 aromatic carbocycles. The number of aromatic nitrogens is 1. The van der Waals surface area contributed by atoms with Crippen LogP contribution < -0.4 is 4.90 Å². The maximum absolute atomic E-state index is 12.5. The number of rotatable bonds is 2. The van der Waals surface area contributed by atoms with Crippen LogP contribution in [0.1, 0.15) is 12.8 Å². The number of carbonyl (C=O) groups excluding carboxylic acids is 1. The van der Waals surface area contributed by atoms with Crippen molar-refractivity contribution in [2.75, 3.05) is 23.5 Å². The van der Waals surface area contributed by atoms with Gasteiger partial charge in [0, 0.05) is 23.4 Å². The molecule has 17 heavy (non-hydrogen) atoms. The van der Waals surface area contributed by atoms with Gasteiger partial charge in [0.25, 0.3) is 0 Å². The first-order valence-corrected chi connectivity index (χ1v) is 7.92. The molecule has 0 spiro atoms. The Morgan fingerprint density at radius 1 is 1.59 bits per heavy atom. The zero-order chi connectivity index (χ0) is 11.9. The van der Waals surface area contributed by atoms with Gasteiger partial charge in [-0.3, -0.25) is 9.78 Å². The van der Waals surface area contributed by atoms with Crippen LogP contribution in [0.25, 0.3) is 0 Å². The molecular weight excluding hydrogens is 252 g/mol. The van der Waals surface area contributed by atoms with Gasteiger partial charge in [0.2, 0.25) is 5.91 Å². The molecule has 0 radical (unpaired) electrons. The maximum atomic E-state index is 12.5. The van der Waals surface area contributed by atoms with E-state index in [1.54, 1.807) is 18.0 Å². The van der Waals surface area contributed by atoms with E-state index in [1.807, 2.05) is 35.2 Å². The van der Waals surface area contributed by atoms with Crippen LogP contribution >= 0.6 is 23.5 Å². The molecule has 1 fully saturated rings. The fourth-order valence-electron chi connectivity index (χ4n) is 2.14. The lowest BCUT2D eigenvalue weighted by atomic mass is 10.3. The van der Waals surface area contributed by atoms with Crippen molar-refractivity contribution in [1.29, 1.82) is 0 Å². The molecule has 1 amide bonds. The minimum atomic E-state index is -0.130. The molecule has 0 bridgehead atoms. The first-order chi connectivity index (χ1) is 8.27. The molecule has 0 saturated heterocycles. The predicted octanol–water partition coefficient (Wildman–Crippen LogP) is 2.42. The van der Waals surface area contributed by atoms with Crippen molar-refractivity contribution < 1.29 is 4.79 Å². The van der Waals surface area contributed by atoms with Gasteiger partial charge in [0.1, 0.15) is 0 Å². The SMILES string of the molecule is CSC1(C(=O)N2CCSc3ccncc32)CC1. The molecule has 0 atom stereocenters. The van der Waals surface area contributed by atoms with Gasteiger partial charge < -0.3 is 4.90 Å². The van der Waals surface area contributed by atoms with Gasteiger partial charge in [-0.1, -0.05) is 0 Å². The molecule has 1 saturated carbocycles. The molecule has 2 aliphatic rings. The smallest absolute Gasteiger partial charge is 0.243 e. The van der Waals surface area contributed by atoms with E-state index in [4.69, 9.17) is 0 Å². The van der Waals surface area contributed by atoms with Gasteiger partial charge in [-0.15, -0.1) is 23.5 Å². The Hall–Kier alpha value is -0.680. The number of hydrogen-bond donors (Lipinski definition) is 0. The summed E-state index contributed by atoms with van der Waals surface area (Å²) in [5.41, 5.74) is 0.995. The first-order valence-electron chi connectivity index (χ1n) is 5.71. The van der Waals surface area contributed by atoms with Gasteiger partial charge in [0.15, 0.2) is 0 Å². The van der Waals surface area contributed by atoms with Crippen molar-refractivity contribution in [1.82, 2.24) is 4.98 Å². The third-order valence-electron chi connectivity index (χ3n) is 3.35.